The molecule has 1 aliphatic rings. The van der Waals surface area contributed by atoms with Gasteiger partial charge in [0, 0.05) is 38.7 Å². The van der Waals surface area contributed by atoms with Gasteiger partial charge in [-0.1, -0.05) is 30.3 Å². The Bertz CT molecular complexity index is 1830. The molecule has 0 bridgehead atoms. The first-order valence-electron chi connectivity index (χ1n) is 14.1. The van der Waals surface area contributed by atoms with Crippen LogP contribution in [0.1, 0.15) is 44.2 Å². The van der Waals surface area contributed by atoms with Gasteiger partial charge < -0.3 is 23.4 Å². The van der Waals surface area contributed by atoms with Gasteiger partial charge in [0.25, 0.3) is 0 Å². The molecule has 206 valence electrons. The first-order chi connectivity index (χ1) is 19.5. The van der Waals surface area contributed by atoms with E-state index in [1.54, 1.807) is 25.3 Å². The van der Waals surface area contributed by atoms with Crippen LogP contribution >= 0.6 is 0 Å². The van der Waals surface area contributed by atoms with Crippen molar-refractivity contribution in [2.45, 2.75) is 39.5 Å². The van der Waals surface area contributed by atoms with Gasteiger partial charge in [-0.25, -0.2) is 0 Å². The highest BCUT2D eigenvalue weighted by Crippen LogP contribution is 2.33. The summed E-state index contributed by atoms with van der Waals surface area (Å²) < 4.78 is 18.4. The molecule has 7 heteroatoms. The number of benzene rings is 3. The van der Waals surface area contributed by atoms with Crippen molar-refractivity contribution in [3.63, 3.8) is 0 Å². The lowest BCUT2D eigenvalue weighted by Crippen LogP contribution is -2.32. The van der Waals surface area contributed by atoms with Gasteiger partial charge in [-0.05, 0) is 62.1 Å². The second kappa shape index (κ2) is 10.7. The minimum atomic E-state index is -0.132. The number of anilines is 2. The van der Waals surface area contributed by atoms with Gasteiger partial charge in [0.1, 0.15) is 16.9 Å². The highest BCUT2D eigenvalue weighted by atomic mass is 16.5. The lowest BCUT2D eigenvalue weighted by molar-refractivity contribution is 0.414. The molecule has 2 aromatic heterocycles. The second-order valence-electron chi connectivity index (χ2n) is 10.3. The van der Waals surface area contributed by atoms with Crippen LogP contribution in [0.2, 0.25) is 0 Å². The highest BCUT2D eigenvalue weighted by molar-refractivity contribution is 6.05. The molecule has 0 atom stereocenters. The Morgan fingerprint density at radius 3 is 2.35 bits per heavy atom. The van der Waals surface area contributed by atoms with Crippen LogP contribution in [0.4, 0.5) is 11.8 Å². The predicted molar refractivity (Wildman–Crippen MR) is 161 cm³/mol. The van der Waals surface area contributed by atoms with Gasteiger partial charge in [0.15, 0.2) is 10.9 Å². The smallest absolute Gasteiger partial charge is 0.203 e. The van der Waals surface area contributed by atoms with E-state index in [0.29, 0.717) is 63.7 Å². The van der Waals surface area contributed by atoms with Crippen molar-refractivity contribution in [1.82, 2.24) is 0 Å². The van der Waals surface area contributed by atoms with E-state index >= 15 is 0 Å². The third-order valence-corrected chi connectivity index (χ3v) is 8.08. The number of nitrogens with zero attached hydrogens (tertiary/aromatic N) is 2. The molecule has 0 saturated carbocycles. The molecule has 1 aliphatic heterocycles. The van der Waals surface area contributed by atoms with Crippen LogP contribution in [0.15, 0.2) is 73.0 Å². The van der Waals surface area contributed by atoms with Crippen LogP contribution in [-0.2, 0) is 6.42 Å². The Balaban J connectivity index is 1.64. The van der Waals surface area contributed by atoms with E-state index in [-0.39, 0.29) is 17.3 Å². The zero-order valence-corrected chi connectivity index (χ0v) is 23.3. The summed E-state index contributed by atoms with van der Waals surface area (Å²) >= 11 is 0. The van der Waals surface area contributed by atoms with E-state index in [4.69, 9.17) is 13.6 Å². The Hall–Kier alpha value is -4.26. The fourth-order valence-electron chi connectivity index (χ4n) is 5.92. The van der Waals surface area contributed by atoms with Crippen molar-refractivity contribution in [1.29, 1.82) is 0 Å². The minimum Gasteiger partial charge on any atom is -0.497 e. The maximum absolute atomic E-state index is 14.4. The van der Waals surface area contributed by atoms with Crippen LogP contribution in [-0.4, -0.2) is 33.3 Å². The summed E-state index contributed by atoms with van der Waals surface area (Å²) in [6.07, 6.45) is 3.30. The van der Waals surface area contributed by atoms with E-state index in [9.17, 15) is 9.59 Å². The molecular weight excluding hydrogens is 504 g/mol. The standard InChI is InChI=1S/C33H34N2O5/c1-4-34(5-2)32-26(31(37)29-23-12-8-7-11-21(23)13-16-27(29)39-32)20-25-30(36)24-15-14-22(38-3)19-28(24)40-33(25)35-17-9-6-10-18-35/h7-8,11-16,19H,4-6,9-10,17-18,20H2,1-3H3. The van der Waals surface area contributed by atoms with Crippen molar-refractivity contribution in [3.8, 4) is 5.75 Å². The van der Waals surface area contributed by atoms with Crippen LogP contribution in [0.5, 0.6) is 5.75 Å². The van der Waals surface area contributed by atoms with Gasteiger partial charge in [0.05, 0.1) is 29.0 Å². The molecule has 0 aliphatic carbocycles. The summed E-state index contributed by atoms with van der Waals surface area (Å²) in [6.45, 7) is 6.99. The largest absolute Gasteiger partial charge is 0.497 e. The lowest BCUT2D eigenvalue weighted by Gasteiger charge is -2.29. The summed E-state index contributed by atoms with van der Waals surface area (Å²) in [7, 11) is 1.59. The third kappa shape index (κ3) is 4.39. The molecular formula is C33H34N2O5. The zero-order valence-electron chi connectivity index (χ0n) is 23.3. The summed E-state index contributed by atoms with van der Waals surface area (Å²) in [4.78, 5) is 32.7. The summed E-state index contributed by atoms with van der Waals surface area (Å²) in [5.74, 6) is 1.67. The molecule has 0 unspecified atom stereocenters. The molecule has 0 spiro atoms. The second-order valence-corrected chi connectivity index (χ2v) is 10.3. The molecule has 0 radical (unpaired) electrons. The highest BCUT2D eigenvalue weighted by Gasteiger charge is 2.27. The topological polar surface area (TPSA) is 76.1 Å². The van der Waals surface area contributed by atoms with E-state index in [1.165, 1.54) is 0 Å². The van der Waals surface area contributed by atoms with Crippen molar-refractivity contribution >= 4 is 44.5 Å². The monoisotopic (exact) mass is 538 g/mol. The van der Waals surface area contributed by atoms with Gasteiger partial charge in [-0.15, -0.1) is 0 Å². The number of hydrogen-bond acceptors (Lipinski definition) is 7. The zero-order chi connectivity index (χ0) is 27.8. The Kier molecular flexibility index (Phi) is 6.96. The fourth-order valence-corrected chi connectivity index (χ4v) is 5.92. The maximum atomic E-state index is 14.4. The Morgan fingerprint density at radius 2 is 1.60 bits per heavy atom. The van der Waals surface area contributed by atoms with E-state index in [2.05, 4.69) is 4.90 Å². The van der Waals surface area contributed by atoms with Crippen LogP contribution < -0.4 is 25.4 Å². The summed E-state index contributed by atoms with van der Waals surface area (Å²) in [6, 6.07) is 16.9. The molecule has 1 saturated heterocycles. The Morgan fingerprint density at radius 1 is 0.825 bits per heavy atom. The number of methoxy groups -OCH3 is 1. The van der Waals surface area contributed by atoms with Gasteiger partial charge >= 0.3 is 0 Å². The fraction of sp³-hybridized carbons (Fsp3) is 0.333. The Labute approximate surface area is 232 Å². The van der Waals surface area contributed by atoms with Crippen molar-refractivity contribution in [2.24, 2.45) is 0 Å². The van der Waals surface area contributed by atoms with Crippen LogP contribution in [0.3, 0.4) is 0 Å². The molecule has 1 fully saturated rings. The third-order valence-electron chi connectivity index (χ3n) is 8.08. The van der Waals surface area contributed by atoms with Crippen molar-refractivity contribution in [2.75, 3.05) is 43.1 Å². The lowest BCUT2D eigenvalue weighted by atomic mass is 9.99. The van der Waals surface area contributed by atoms with Crippen molar-refractivity contribution < 1.29 is 13.6 Å². The van der Waals surface area contributed by atoms with E-state index < -0.39 is 0 Å². The first kappa shape index (κ1) is 26.0. The molecule has 0 amide bonds. The molecule has 5 aromatic rings. The average Bonchev–Trinajstić information content (AvgIpc) is 3.00. The number of rotatable bonds is 7. The number of fused-ring (bicyclic) bond motifs is 4. The molecule has 7 nitrogen and oxygen atoms in total. The van der Waals surface area contributed by atoms with Crippen LogP contribution in [0, 0.1) is 0 Å². The molecule has 40 heavy (non-hydrogen) atoms. The number of hydrogen-bond donors (Lipinski definition) is 0. The quantitative estimate of drug-likeness (QED) is 0.219. The maximum Gasteiger partial charge on any atom is 0.203 e. The number of piperidine rings is 1. The van der Waals surface area contributed by atoms with Crippen molar-refractivity contribution in [3.05, 3.63) is 86.2 Å². The van der Waals surface area contributed by atoms with E-state index in [1.807, 2.05) is 55.1 Å². The molecule has 6 rings (SSSR count). The van der Waals surface area contributed by atoms with Gasteiger partial charge in [-0.2, -0.15) is 0 Å². The molecule has 0 N–H and O–H groups in total. The number of ether oxygens (including phenoxy) is 1. The SMILES string of the molecule is CCN(CC)c1oc2ccc3ccccc3c2c(=O)c1Cc1c(N2CCCCC2)oc2cc(OC)ccc2c1=O. The minimum absolute atomic E-state index is 0.112. The molecule has 3 heterocycles. The normalized spacial score (nSPS) is 13.8. The summed E-state index contributed by atoms with van der Waals surface area (Å²) in [5, 5.41) is 2.82. The first-order valence-corrected chi connectivity index (χ1v) is 14.1. The van der Waals surface area contributed by atoms with Gasteiger partial charge in [-0.3, -0.25) is 9.59 Å². The van der Waals surface area contributed by atoms with E-state index in [0.717, 1.165) is 43.1 Å². The summed E-state index contributed by atoms with van der Waals surface area (Å²) in [5.41, 5.74) is 1.74. The predicted octanol–water partition coefficient (Wildman–Crippen LogP) is 6.49. The van der Waals surface area contributed by atoms with Gasteiger partial charge in [0.2, 0.25) is 11.8 Å². The van der Waals surface area contributed by atoms with Crippen LogP contribution in [0.25, 0.3) is 32.7 Å². The average molecular weight is 539 g/mol. The molecule has 3 aromatic carbocycles.